The maximum atomic E-state index is 15.6. The fraction of sp³-hybridized carbons (Fsp3) is 0.167. The Balaban J connectivity index is 1.23. The van der Waals surface area contributed by atoms with Gasteiger partial charge in [0.15, 0.2) is 0 Å². The van der Waals surface area contributed by atoms with Gasteiger partial charge in [-0.15, -0.1) is 0 Å². The lowest BCUT2D eigenvalue weighted by Gasteiger charge is -2.12. The molecule has 0 aliphatic heterocycles. The second-order valence-electron chi connectivity index (χ2n) is 10.4. The van der Waals surface area contributed by atoms with Crippen LogP contribution in [0.3, 0.4) is 0 Å². The van der Waals surface area contributed by atoms with E-state index in [9.17, 15) is 10.1 Å². The molecule has 0 saturated carbocycles. The number of nitrogens with zero attached hydrogens (tertiary/aromatic N) is 4. The predicted molar refractivity (Wildman–Crippen MR) is 168 cm³/mol. The Morgan fingerprint density at radius 2 is 1.73 bits per heavy atom. The zero-order valence-corrected chi connectivity index (χ0v) is 24.8. The van der Waals surface area contributed by atoms with Gasteiger partial charge in [-0.25, -0.2) is 19.2 Å². The molecule has 224 valence electrons. The molecular formula is C36H29FN4O4. The number of halogens is 1. The monoisotopic (exact) mass is 600 g/mol. The molecule has 0 fully saturated rings. The summed E-state index contributed by atoms with van der Waals surface area (Å²) >= 11 is 0. The molecule has 9 heteroatoms. The van der Waals surface area contributed by atoms with Crippen LogP contribution in [0.5, 0.6) is 5.88 Å². The van der Waals surface area contributed by atoms with Gasteiger partial charge in [0, 0.05) is 31.7 Å². The number of hydrogen-bond donors (Lipinski definition) is 0. The molecule has 0 amide bonds. The van der Waals surface area contributed by atoms with Crippen LogP contribution >= 0.6 is 0 Å². The number of ether oxygens (including phenoxy) is 3. The fourth-order valence-electron chi connectivity index (χ4n) is 5.40. The number of fused-ring (bicyclic) bond motifs is 2. The third-order valence-corrected chi connectivity index (χ3v) is 7.70. The van der Waals surface area contributed by atoms with E-state index >= 15 is 4.39 Å². The number of nitriles is 1. The number of aromatic nitrogens is 3. The van der Waals surface area contributed by atoms with Crippen LogP contribution in [0.4, 0.5) is 4.39 Å². The third kappa shape index (κ3) is 6.09. The van der Waals surface area contributed by atoms with Crippen molar-refractivity contribution in [1.29, 1.82) is 5.26 Å². The number of carbonyl (C=O) groups is 1. The number of methoxy groups -OCH3 is 2. The van der Waals surface area contributed by atoms with Gasteiger partial charge < -0.3 is 18.8 Å². The molecule has 0 spiro atoms. The smallest absolute Gasteiger partial charge is 0.337 e. The van der Waals surface area contributed by atoms with Crippen LogP contribution in [-0.2, 0) is 29.0 Å². The number of carbonyl (C=O) groups excluding carboxylic acids is 1. The van der Waals surface area contributed by atoms with E-state index in [-0.39, 0.29) is 18.8 Å². The van der Waals surface area contributed by atoms with Crippen LogP contribution in [0.1, 0.15) is 32.9 Å². The van der Waals surface area contributed by atoms with Crippen molar-refractivity contribution in [1.82, 2.24) is 14.5 Å². The molecule has 8 nitrogen and oxygen atoms in total. The van der Waals surface area contributed by atoms with E-state index < -0.39 is 5.97 Å². The highest BCUT2D eigenvalue weighted by atomic mass is 19.1. The summed E-state index contributed by atoms with van der Waals surface area (Å²) in [6, 6.07) is 29.2. The molecular weight excluding hydrogens is 571 g/mol. The predicted octanol–water partition coefficient (Wildman–Crippen LogP) is 6.87. The second-order valence-corrected chi connectivity index (χ2v) is 10.4. The summed E-state index contributed by atoms with van der Waals surface area (Å²) in [5.41, 5.74) is 5.06. The number of benzene rings is 4. The summed E-state index contributed by atoms with van der Waals surface area (Å²) in [6.07, 6.45) is 0.243. The molecule has 0 aliphatic carbocycles. The first-order valence-corrected chi connectivity index (χ1v) is 14.3. The maximum Gasteiger partial charge on any atom is 0.337 e. The minimum absolute atomic E-state index is 0.243. The van der Waals surface area contributed by atoms with Gasteiger partial charge in [0.2, 0.25) is 5.88 Å². The number of pyridine rings is 1. The first kappa shape index (κ1) is 29.5. The zero-order valence-electron chi connectivity index (χ0n) is 24.8. The van der Waals surface area contributed by atoms with Crippen molar-refractivity contribution in [2.75, 3.05) is 20.8 Å². The summed E-state index contributed by atoms with van der Waals surface area (Å²) < 4.78 is 33.7. The minimum atomic E-state index is -0.439. The van der Waals surface area contributed by atoms with Crippen molar-refractivity contribution in [3.63, 3.8) is 0 Å². The second kappa shape index (κ2) is 13.0. The Labute approximate surface area is 259 Å². The van der Waals surface area contributed by atoms with E-state index in [0.717, 1.165) is 21.9 Å². The van der Waals surface area contributed by atoms with E-state index in [0.29, 0.717) is 58.3 Å². The van der Waals surface area contributed by atoms with E-state index in [1.807, 2.05) is 53.1 Å². The fourth-order valence-corrected chi connectivity index (χ4v) is 5.40. The van der Waals surface area contributed by atoms with Crippen molar-refractivity contribution >= 4 is 27.8 Å². The van der Waals surface area contributed by atoms with Crippen LogP contribution in [0.25, 0.3) is 33.1 Å². The lowest BCUT2D eigenvalue weighted by Crippen LogP contribution is -2.10. The van der Waals surface area contributed by atoms with Crippen molar-refractivity contribution in [2.24, 2.45) is 0 Å². The largest absolute Gasteiger partial charge is 0.473 e. The summed E-state index contributed by atoms with van der Waals surface area (Å²) in [7, 11) is 2.95. The minimum Gasteiger partial charge on any atom is -0.473 e. The van der Waals surface area contributed by atoms with Gasteiger partial charge in [0.05, 0.1) is 47.6 Å². The van der Waals surface area contributed by atoms with Gasteiger partial charge in [0.1, 0.15) is 18.2 Å². The third-order valence-electron chi connectivity index (χ3n) is 7.70. The average molecular weight is 601 g/mol. The Kier molecular flexibility index (Phi) is 8.49. The van der Waals surface area contributed by atoms with Crippen molar-refractivity contribution in [3.05, 3.63) is 125 Å². The average Bonchev–Trinajstić information content (AvgIpc) is 3.42. The first-order chi connectivity index (χ1) is 22.0. The van der Waals surface area contributed by atoms with Crippen molar-refractivity contribution in [3.8, 4) is 23.2 Å². The number of esters is 1. The Hall–Kier alpha value is -5.59. The summed E-state index contributed by atoms with van der Waals surface area (Å²) in [4.78, 5) is 21.5. The first-order valence-electron chi connectivity index (χ1n) is 14.3. The van der Waals surface area contributed by atoms with E-state index in [1.165, 1.54) is 13.2 Å². The maximum absolute atomic E-state index is 15.6. The van der Waals surface area contributed by atoms with Gasteiger partial charge in [-0.05, 0) is 58.3 Å². The summed E-state index contributed by atoms with van der Waals surface area (Å²) in [5.74, 6) is 0.235. The lowest BCUT2D eigenvalue weighted by atomic mass is 10.0. The Bertz CT molecular complexity index is 2080. The van der Waals surface area contributed by atoms with Crippen LogP contribution in [0, 0.1) is 17.1 Å². The van der Waals surface area contributed by atoms with Gasteiger partial charge >= 0.3 is 5.97 Å². The highest BCUT2D eigenvalue weighted by Gasteiger charge is 2.17. The van der Waals surface area contributed by atoms with Gasteiger partial charge in [-0.2, -0.15) is 5.26 Å². The molecule has 0 saturated heterocycles. The topological polar surface area (TPSA) is 99.3 Å². The van der Waals surface area contributed by atoms with Crippen LogP contribution < -0.4 is 4.74 Å². The number of rotatable bonds is 10. The lowest BCUT2D eigenvalue weighted by molar-refractivity contribution is 0.0601. The quantitative estimate of drug-likeness (QED) is 0.158. The molecule has 6 rings (SSSR count). The Morgan fingerprint density at radius 3 is 2.51 bits per heavy atom. The van der Waals surface area contributed by atoms with Crippen LogP contribution in [-0.4, -0.2) is 41.3 Å². The van der Waals surface area contributed by atoms with Gasteiger partial charge in [0.25, 0.3) is 0 Å². The van der Waals surface area contributed by atoms with Crippen molar-refractivity contribution < 1.29 is 23.4 Å². The molecule has 45 heavy (non-hydrogen) atoms. The molecule has 0 atom stereocenters. The normalized spacial score (nSPS) is 11.1. The number of imidazole rings is 1. The zero-order chi connectivity index (χ0) is 31.3. The Morgan fingerprint density at radius 1 is 0.911 bits per heavy atom. The summed E-state index contributed by atoms with van der Waals surface area (Å²) in [5, 5.41) is 11.3. The molecule has 0 N–H and O–H groups in total. The molecule has 0 unspecified atom stereocenters. The van der Waals surface area contributed by atoms with Crippen molar-refractivity contribution in [2.45, 2.75) is 19.6 Å². The standard InChI is InChI=1S/C36H29FN4O4/c1-43-17-16-41-33-19-25(36(42)44-2)14-15-32(33)39-34(41)20-23-10-11-24(18-30(23)37)31-8-5-9-35(40-31)45-22-27-13-12-26(21-38)28-6-3-4-7-29(27)28/h3-15,18-19H,16-17,20,22H2,1-2H3. The van der Waals surface area contributed by atoms with Crippen LogP contribution in [0.15, 0.2) is 91.0 Å². The van der Waals surface area contributed by atoms with E-state index in [4.69, 9.17) is 19.2 Å². The SMILES string of the molecule is COCCn1c(Cc2ccc(-c3cccc(OCc4ccc(C#N)c5ccccc45)n3)cc2F)nc2ccc(C(=O)OC)cc21. The van der Waals surface area contributed by atoms with Gasteiger partial charge in [-0.3, -0.25) is 0 Å². The molecule has 0 bridgehead atoms. The molecule has 2 heterocycles. The highest BCUT2D eigenvalue weighted by Crippen LogP contribution is 2.27. The molecule has 0 aliphatic rings. The molecule has 4 aromatic carbocycles. The molecule has 0 radical (unpaired) electrons. The van der Waals surface area contributed by atoms with Crippen LogP contribution in [0.2, 0.25) is 0 Å². The van der Waals surface area contributed by atoms with Gasteiger partial charge in [-0.1, -0.05) is 48.5 Å². The summed E-state index contributed by atoms with van der Waals surface area (Å²) in [6.45, 7) is 1.18. The molecule has 6 aromatic rings. The van der Waals surface area contributed by atoms with E-state index in [1.54, 1.807) is 43.5 Å². The number of hydrogen-bond acceptors (Lipinski definition) is 7. The van der Waals surface area contributed by atoms with E-state index in [2.05, 4.69) is 11.1 Å². The molecule has 2 aromatic heterocycles. The highest BCUT2D eigenvalue weighted by molar-refractivity contribution is 5.94.